The molecule has 1 fully saturated rings. The van der Waals surface area contributed by atoms with Crippen LogP contribution in [0.1, 0.15) is 24.3 Å². The molecule has 1 aliphatic rings. The summed E-state index contributed by atoms with van der Waals surface area (Å²) >= 11 is 0. The first-order valence-electron chi connectivity index (χ1n) is 9.98. The van der Waals surface area contributed by atoms with E-state index in [4.69, 9.17) is 4.42 Å². The standard InChI is InChI=1S/C21H32N6O.HI/c1-16(26-10-12-27(13-11-26)19-8-6-5-7-9-19)14-23-21(22-4)24-15-20-25-17(2)18(3)28-20;/h5-9,16H,10-15H2,1-4H3,(H2,22,23,24);1H. The molecule has 0 aliphatic carbocycles. The van der Waals surface area contributed by atoms with Gasteiger partial charge in [-0.1, -0.05) is 18.2 Å². The van der Waals surface area contributed by atoms with Gasteiger partial charge in [-0.25, -0.2) is 4.98 Å². The van der Waals surface area contributed by atoms with Gasteiger partial charge in [0.1, 0.15) is 5.76 Å². The quantitative estimate of drug-likeness (QED) is 0.353. The Morgan fingerprint density at radius 1 is 1.14 bits per heavy atom. The van der Waals surface area contributed by atoms with E-state index in [0.29, 0.717) is 18.5 Å². The van der Waals surface area contributed by atoms with E-state index >= 15 is 0 Å². The van der Waals surface area contributed by atoms with Gasteiger partial charge in [0.05, 0.1) is 12.2 Å². The topological polar surface area (TPSA) is 68.9 Å². The van der Waals surface area contributed by atoms with Crippen LogP contribution in [0.15, 0.2) is 39.7 Å². The maximum atomic E-state index is 5.61. The largest absolute Gasteiger partial charge is 0.444 e. The van der Waals surface area contributed by atoms with Gasteiger partial charge >= 0.3 is 0 Å². The average molecular weight is 512 g/mol. The number of nitrogens with one attached hydrogen (secondary N) is 2. The Hall–Kier alpha value is -1.81. The molecule has 1 aromatic carbocycles. The van der Waals surface area contributed by atoms with E-state index in [9.17, 15) is 0 Å². The minimum atomic E-state index is 0. The van der Waals surface area contributed by atoms with Gasteiger partial charge < -0.3 is 20.0 Å². The normalized spacial score (nSPS) is 16.3. The number of benzene rings is 1. The summed E-state index contributed by atoms with van der Waals surface area (Å²) in [5.41, 5.74) is 2.25. The van der Waals surface area contributed by atoms with Crippen LogP contribution in [-0.2, 0) is 6.54 Å². The van der Waals surface area contributed by atoms with E-state index in [1.54, 1.807) is 7.05 Å². The molecular formula is C21H33IN6O. The van der Waals surface area contributed by atoms with Gasteiger partial charge in [-0.3, -0.25) is 9.89 Å². The van der Waals surface area contributed by atoms with Gasteiger partial charge in [-0.15, -0.1) is 24.0 Å². The first kappa shape index (κ1) is 23.5. The number of oxazole rings is 1. The van der Waals surface area contributed by atoms with Crippen LogP contribution in [0.4, 0.5) is 5.69 Å². The highest BCUT2D eigenvalue weighted by atomic mass is 127. The molecule has 0 saturated carbocycles. The third-order valence-electron chi connectivity index (χ3n) is 5.33. The van der Waals surface area contributed by atoms with Crippen molar-refractivity contribution in [3.63, 3.8) is 0 Å². The van der Waals surface area contributed by atoms with Crippen LogP contribution in [0, 0.1) is 13.8 Å². The Balaban J connectivity index is 0.00000300. The molecule has 160 valence electrons. The maximum Gasteiger partial charge on any atom is 0.214 e. The lowest BCUT2D eigenvalue weighted by molar-refractivity contribution is 0.197. The van der Waals surface area contributed by atoms with Gasteiger partial charge in [0.2, 0.25) is 5.89 Å². The summed E-state index contributed by atoms with van der Waals surface area (Å²) in [6, 6.07) is 11.1. The third kappa shape index (κ3) is 6.60. The molecule has 0 amide bonds. The monoisotopic (exact) mass is 512 g/mol. The van der Waals surface area contributed by atoms with Gasteiger partial charge in [0.25, 0.3) is 0 Å². The Morgan fingerprint density at radius 2 is 1.83 bits per heavy atom. The fourth-order valence-corrected chi connectivity index (χ4v) is 3.43. The zero-order valence-corrected chi connectivity index (χ0v) is 20.1. The van der Waals surface area contributed by atoms with E-state index < -0.39 is 0 Å². The molecule has 2 N–H and O–H groups in total. The van der Waals surface area contributed by atoms with Crippen LogP contribution in [0.25, 0.3) is 0 Å². The number of halogens is 1. The van der Waals surface area contributed by atoms with E-state index in [1.165, 1.54) is 5.69 Å². The second-order valence-electron chi connectivity index (χ2n) is 7.26. The molecule has 2 heterocycles. The molecule has 1 saturated heterocycles. The van der Waals surface area contributed by atoms with Crippen molar-refractivity contribution in [1.29, 1.82) is 0 Å². The molecule has 8 heteroatoms. The molecule has 1 atom stereocenters. The van der Waals surface area contributed by atoms with Crippen molar-refractivity contribution < 1.29 is 4.42 Å². The van der Waals surface area contributed by atoms with Crippen molar-refractivity contribution in [3.8, 4) is 0 Å². The number of nitrogens with zero attached hydrogens (tertiary/aromatic N) is 4. The van der Waals surface area contributed by atoms with Crippen LogP contribution >= 0.6 is 24.0 Å². The Kier molecular flexibility index (Phi) is 9.22. The summed E-state index contributed by atoms with van der Waals surface area (Å²) in [5.74, 6) is 2.31. The number of aliphatic imine (C=N–C) groups is 1. The van der Waals surface area contributed by atoms with Crippen LogP contribution in [0.2, 0.25) is 0 Å². The summed E-state index contributed by atoms with van der Waals surface area (Å²) in [5, 5.41) is 6.68. The van der Waals surface area contributed by atoms with Gasteiger partial charge in [-0.05, 0) is 32.9 Å². The second kappa shape index (κ2) is 11.4. The summed E-state index contributed by atoms with van der Waals surface area (Å²) in [6.07, 6.45) is 0. The van der Waals surface area contributed by atoms with Crippen LogP contribution < -0.4 is 15.5 Å². The number of piperazine rings is 1. The molecule has 0 spiro atoms. The number of hydrogen-bond donors (Lipinski definition) is 2. The molecule has 1 aliphatic heterocycles. The van der Waals surface area contributed by atoms with Gasteiger partial charge in [0, 0.05) is 51.5 Å². The van der Waals surface area contributed by atoms with Gasteiger partial charge in [0.15, 0.2) is 5.96 Å². The number of aromatic nitrogens is 1. The summed E-state index contributed by atoms with van der Waals surface area (Å²) < 4.78 is 5.61. The number of anilines is 1. The summed E-state index contributed by atoms with van der Waals surface area (Å²) in [6.45, 7) is 11.8. The number of rotatable bonds is 6. The number of para-hydroxylation sites is 1. The van der Waals surface area contributed by atoms with E-state index in [-0.39, 0.29) is 24.0 Å². The first-order chi connectivity index (χ1) is 13.6. The van der Waals surface area contributed by atoms with Crippen molar-refractivity contribution in [2.45, 2.75) is 33.4 Å². The predicted octanol–water partition coefficient (Wildman–Crippen LogP) is 2.79. The van der Waals surface area contributed by atoms with Crippen LogP contribution in [0.5, 0.6) is 0 Å². The minimum Gasteiger partial charge on any atom is -0.444 e. The highest BCUT2D eigenvalue weighted by molar-refractivity contribution is 14.0. The molecule has 29 heavy (non-hydrogen) atoms. The van der Waals surface area contributed by atoms with Crippen molar-refractivity contribution in [2.75, 3.05) is 44.7 Å². The molecule has 7 nitrogen and oxygen atoms in total. The van der Waals surface area contributed by atoms with Crippen molar-refractivity contribution >= 4 is 35.6 Å². The first-order valence-corrected chi connectivity index (χ1v) is 9.98. The Bertz CT molecular complexity index is 751. The highest BCUT2D eigenvalue weighted by Crippen LogP contribution is 2.16. The lowest BCUT2D eigenvalue weighted by atomic mass is 10.2. The lowest BCUT2D eigenvalue weighted by Crippen LogP contribution is -2.53. The lowest BCUT2D eigenvalue weighted by Gasteiger charge is -2.39. The van der Waals surface area contributed by atoms with E-state index in [1.807, 2.05) is 13.8 Å². The third-order valence-corrected chi connectivity index (χ3v) is 5.33. The van der Waals surface area contributed by atoms with Crippen LogP contribution in [-0.4, -0.2) is 61.7 Å². The fourth-order valence-electron chi connectivity index (χ4n) is 3.43. The summed E-state index contributed by atoms with van der Waals surface area (Å²) in [4.78, 5) is 13.7. The molecule has 2 aromatic rings. The Labute approximate surface area is 191 Å². The maximum absolute atomic E-state index is 5.61. The second-order valence-corrected chi connectivity index (χ2v) is 7.26. The number of hydrogen-bond acceptors (Lipinski definition) is 5. The fraction of sp³-hybridized carbons (Fsp3) is 0.524. The van der Waals surface area contributed by atoms with E-state index in [0.717, 1.165) is 50.1 Å². The molecule has 0 radical (unpaired) electrons. The zero-order valence-electron chi connectivity index (χ0n) is 17.8. The molecule has 1 unspecified atom stereocenters. The van der Waals surface area contributed by atoms with Crippen molar-refractivity contribution in [1.82, 2.24) is 20.5 Å². The smallest absolute Gasteiger partial charge is 0.214 e. The summed E-state index contributed by atoms with van der Waals surface area (Å²) in [7, 11) is 1.78. The van der Waals surface area contributed by atoms with Crippen molar-refractivity contribution in [2.24, 2.45) is 4.99 Å². The molecule has 1 aromatic heterocycles. The molecule has 0 bridgehead atoms. The average Bonchev–Trinajstić information content (AvgIpc) is 3.06. The SMILES string of the molecule is CN=C(NCc1nc(C)c(C)o1)NCC(C)N1CCN(c2ccccc2)CC1.I. The molecular weight excluding hydrogens is 479 g/mol. The number of guanidine groups is 1. The van der Waals surface area contributed by atoms with E-state index in [2.05, 4.69) is 67.7 Å². The highest BCUT2D eigenvalue weighted by Gasteiger charge is 2.21. The van der Waals surface area contributed by atoms with Crippen molar-refractivity contribution in [3.05, 3.63) is 47.7 Å². The molecule has 3 rings (SSSR count). The Morgan fingerprint density at radius 3 is 2.41 bits per heavy atom. The zero-order chi connectivity index (χ0) is 19.9. The van der Waals surface area contributed by atoms with Gasteiger partial charge in [-0.2, -0.15) is 0 Å². The minimum absolute atomic E-state index is 0. The predicted molar refractivity (Wildman–Crippen MR) is 129 cm³/mol. The number of aryl methyl sites for hydroxylation is 2. The van der Waals surface area contributed by atoms with Crippen LogP contribution in [0.3, 0.4) is 0 Å².